The Bertz CT molecular complexity index is 633. The Morgan fingerprint density at radius 2 is 2.00 bits per heavy atom. The van der Waals surface area contributed by atoms with Crippen molar-refractivity contribution in [1.82, 2.24) is 4.98 Å². The van der Waals surface area contributed by atoms with Gasteiger partial charge in [0.15, 0.2) is 0 Å². The number of halogens is 1. The minimum absolute atomic E-state index is 0.146. The number of anilines is 2. The van der Waals surface area contributed by atoms with Crippen LogP contribution in [0.3, 0.4) is 0 Å². The zero-order valence-corrected chi connectivity index (χ0v) is 12.8. The minimum atomic E-state index is 0.146. The van der Waals surface area contributed by atoms with Gasteiger partial charge in [0.25, 0.3) is 0 Å². The molecule has 5 heteroatoms. The second-order valence-corrected chi connectivity index (χ2v) is 5.39. The van der Waals surface area contributed by atoms with Crippen molar-refractivity contribution in [1.29, 1.82) is 5.26 Å². The van der Waals surface area contributed by atoms with Crippen molar-refractivity contribution in [2.75, 3.05) is 5.32 Å². The summed E-state index contributed by atoms with van der Waals surface area (Å²) in [6, 6.07) is 11.4. The fourth-order valence-electron chi connectivity index (χ4n) is 1.65. The maximum absolute atomic E-state index is 9.09. The first-order chi connectivity index (χ1) is 9.58. The van der Waals surface area contributed by atoms with Crippen molar-refractivity contribution in [2.45, 2.75) is 20.0 Å². The molecule has 2 aromatic rings. The lowest BCUT2D eigenvalue weighted by atomic mass is 10.2. The Kier molecular flexibility index (Phi) is 4.59. The van der Waals surface area contributed by atoms with Gasteiger partial charge in [-0.1, -0.05) is 0 Å². The fraction of sp³-hybridized carbons (Fsp3) is 0.200. The normalized spacial score (nSPS) is 10.2. The van der Waals surface area contributed by atoms with E-state index in [1.165, 1.54) is 0 Å². The predicted octanol–water partition coefficient (Wildman–Crippen LogP) is 4.25. The Hall–Kier alpha value is -2.06. The summed E-state index contributed by atoms with van der Waals surface area (Å²) in [6.07, 6.45) is 1.80. The van der Waals surface area contributed by atoms with Gasteiger partial charge in [0.2, 0.25) is 0 Å². The van der Waals surface area contributed by atoms with Crippen LogP contribution in [0.1, 0.15) is 19.4 Å². The van der Waals surface area contributed by atoms with Crippen molar-refractivity contribution in [3.8, 4) is 11.8 Å². The van der Waals surface area contributed by atoms with Crippen molar-refractivity contribution in [3.05, 3.63) is 46.6 Å². The SMILES string of the molecule is CC(C)Oc1ccc(Nc2ncc(Br)cc2C#N)cc1. The molecule has 0 saturated carbocycles. The van der Waals surface area contributed by atoms with Crippen LogP contribution < -0.4 is 10.1 Å². The van der Waals surface area contributed by atoms with Crippen LogP contribution in [0.4, 0.5) is 11.5 Å². The lowest BCUT2D eigenvalue weighted by Gasteiger charge is -2.11. The monoisotopic (exact) mass is 331 g/mol. The van der Waals surface area contributed by atoms with E-state index in [9.17, 15) is 0 Å². The highest BCUT2D eigenvalue weighted by atomic mass is 79.9. The second-order valence-electron chi connectivity index (χ2n) is 4.48. The molecule has 1 aromatic heterocycles. The molecule has 0 amide bonds. The maximum atomic E-state index is 9.09. The van der Waals surface area contributed by atoms with Crippen LogP contribution in [0.15, 0.2) is 41.0 Å². The van der Waals surface area contributed by atoms with Crippen LogP contribution >= 0.6 is 15.9 Å². The first-order valence-electron chi connectivity index (χ1n) is 6.18. The third-order valence-electron chi connectivity index (χ3n) is 2.46. The zero-order valence-electron chi connectivity index (χ0n) is 11.2. The summed E-state index contributed by atoms with van der Waals surface area (Å²) < 4.78 is 6.36. The average molecular weight is 332 g/mol. The highest BCUT2D eigenvalue weighted by molar-refractivity contribution is 9.10. The Morgan fingerprint density at radius 3 is 2.60 bits per heavy atom. The molecule has 102 valence electrons. The summed E-state index contributed by atoms with van der Waals surface area (Å²) in [6.45, 7) is 3.97. The van der Waals surface area contributed by atoms with Gasteiger partial charge in [-0.05, 0) is 60.1 Å². The highest BCUT2D eigenvalue weighted by Gasteiger charge is 2.05. The van der Waals surface area contributed by atoms with E-state index in [1.807, 2.05) is 38.1 Å². The summed E-state index contributed by atoms with van der Waals surface area (Å²) in [5, 5.41) is 12.2. The quantitative estimate of drug-likeness (QED) is 0.909. The molecular weight excluding hydrogens is 318 g/mol. The number of nitriles is 1. The van der Waals surface area contributed by atoms with Crippen LogP contribution in [0.2, 0.25) is 0 Å². The molecule has 0 unspecified atom stereocenters. The summed E-state index contributed by atoms with van der Waals surface area (Å²) >= 11 is 3.30. The van der Waals surface area contributed by atoms with Crippen LogP contribution in [0.5, 0.6) is 5.75 Å². The van der Waals surface area contributed by atoms with E-state index in [4.69, 9.17) is 10.00 Å². The molecule has 0 fully saturated rings. The molecule has 0 spiro atoms. The summed E-state index contributed by atoms with van der Waals surface area (Å²) in [4.78, 5) is 4.20. The lowest BCUT2D eigenvalue weighted by Crippen LogP contribution is -2.05. The molecule has 1 heterocycles. The largest absolute Gasteiger partial charge is 0.491 e. The Morgan fingerprint density at radius 1 is 1.30 bits per heavy atom. The predicted molar refractivity (Wildman–Crippen MR) is 82.1 cm³/mol. The molecule has 0 saturated heterocycles. The molecular formula is C15H14BrN3O. The molecule has 0 radical (unpaired) electrons. The molecule has 0 aliphatic carbocycles. The number of ether oxygens (including phenoxy) is 1. The van der Waals surface area contributed by atoms with E-state index in [1.54, 1.807) is 12.3 Å². The standard InChI is InChI=1S/C15H14BrN3O/c1-10(2)20-14-5-3-13(4-6-14)19-15-11(8-17)7-12(16)9-18-15/h3-7,9-10H,1-2H3,(H,18,19). The molecule has 0 aliphatic rings. The van der Waals surface area contributed by atoms with E-state index >= 15 is 0 Å². The van der Waals surface area contributed by atoms with Crippen molar-refractivity contribution in [3.63, 3.8) is 0 Å². The topological polar surface area (TPSA) is 57.9 Å². The molecule has 1 N–H and O–H groups in total. The number of nitrogens with zero attached hydrogens (tertiary/aromatic N) is 2. The summed E-state index contributed by atoms with van der Waals surface area (Å²) in [7, 11) is 0. The second kappa shape index (κ2) is 6.40. The van der Waals surface area contributed by atoms with Crippen molar-refractivity contribution in [2.24, 2.45) is 0 Å². The van der Waals surface area contributed by atoms with Crippen LogP contribution in [0, 0.1) is 11.3 Å². The van der Waals surface area contributed by atoms with Gasteiger partial charge < -0.3 is 10.1 Å². The number of benzene rings is 1. The van der Waals surface area contributed by atoms with Gasteiger partial charge >= 0.3 is 0 Å². The Labute approximate surface area is 126 Å². The molecule has 0 bridgehead atoms. The van der Waals surface area contributed by atoms with Gasteiger partial charge in [-0.3, -0.25) is 0 Å². The average Bonchev–Trinajstić information content (AvgIpc) is 2.42. The van der Waals surface area contributed by atoms with Crippen LogP contribution in [0.25, 0.3) is 0 Å². The maximum Gasteiger partial charge on any atom is 0.148 e. The molecule has 1 aromatic carbocycles. The van der Waals surface area contributed by atoms with E-state index in [2.05, 4.69) is 32.3 Å². The van der Waals surface area contributed by atoms with Gasteiger partial charge in [0.05, 0.1) is 11.7 Å². The highest BCUT2D eigenvalue weighted by Crippen LogP contribution is 2.23. The summed E-state index contributed by atoms with van der Waals surface area (Å²) in [5.74, 6) is 1.35. The van der Waals surface area contributed by atoms with E-state index < -0.39 is 0 Å². The van der Waals surface area contributed by atoms with Crippen LogP contribution in [-0.4, -0.2) is 11.1 Å². The number of pyridine rings is 1. The number of rotatable bonds is 4. The van der Waals surface area contributed by atoms with Gasteiger partial charge in [0, 0.05) is 16.4 Å². The van der Waals surface area contributed by atoms with Gasteiger partial charge in [-0.25, -0.2) is 4.98 Å². The Balaban J connectivity index is 2.16. The van der Waals surface area contributed by atoms with Gasteiger partial charge in [0.1, 0.15) is 17.6 Å². The summed E-state index contributed by atoms with van der Waals surface area (Å²) in [5.41, 5.74) is 1.34. The lowest BCUT2D eigenvalue weighted by molar-refractivity contribution is 0.242. The van der Waals surface area contributed by atoms with E-state index in [0.717, 1.165) is 15.9 Å². The number of hydrogen-bond acceptors (Lipinski definition) is 4. The number of hydrogen-bond donors (Lipinski definition) is 1. The van der Waals surface area contributed by atoms with Crippen LogP contribution in [-0.2, 0) is 0 Å². The molecule has 2 rings (SSSR count). The fourth-order valence-corrected chi connectivity index (χ4v) is 1.98. The third kappa shape index (κ3) is 3.72. The molecule has 0 aliphatic heterocycles. The minimum Gasteiger partial charge on any atom is -0.491 e. The van der Waals surface area contributed by atoms with Crippen molar-refractivity contribution < 1.29 is 4.74 Å². The zero-order chi connectivity index (χ0) is 14.5. The van der Waals surface area contributed by atoms with Gasteiger partial charge in [-0.2, -0.15) is 5.26 Å². The van der Waals surface area contributed by atoms with Gasteiger partial charge in [-0.15, -0.1) is 0 Å². The smallest absolute Gasteiger partial charge is 0.148 e. The third-order valence-corrected chi connectivity index (χ3v) is 2.90. The first kappa shape index (κ1) is 14.4. The van der Waals surface area contributed by atoms with Crippen molar-refractivity contribution >= 4 is 27.4 Å². The first-order valence-corrected chi connectivity index (χ1v) is 6.97. The molecule has 20 heavy (non-hydrogen) atoms. The number of aromatic nitrogens is 1. The van der Waals surface area contributed by atoms with E-state index in [0.29, 0.717) is 11.4 Å². The molecule has 0 atom stereocenters. The number of nitrogens with one attached hydrogen (secondary N) is 1. The van der Waals surface area contributed by atoms with E-state index in [-0.39, 0.29) is 6.10 Å². The molecule has 4 nitrogen and oxygen atoms in total.